The zero-order valence-corrected chi connectivity index (χ0v) is 14.8. The van der Waals surface area contributed by atoms with Crippen molar-refractivity contribution < 1.29 is 9.53 Å². The minimum absolute atomic E-state index is 0.0616. The van der Waals surface area contributed by atoms with Gasteiger partial charge in [-0.1, -0.05) is 47.5 Å². The molecule has 0 bridgehead atoms. The smallest absolute Gasteiger partial charge is 0.258 e. The van der Waals surface area contributed by atoms with Crippen molar-refractivity contribution in [3.05, 3.63) is 63.6 Å². The maximum Gasteiger partial charge on any atom is 0.258 e. The standard InChI is InChI=1S/C17H15Cl2NO2S/c1-22-14-8-3-2-5-11(14)16(21)20-9-10-23-17(20)12-6-4-7-13(18)15(12)19/h2-8,17H,9-10H2,1H3/t17-/m0/s1. The van der Waals surface area contributed by atoms with Gasteiger partial charge in [-0.2, -0.15) is 0 Å². The fourth-order valence-corrected chi connectivity index (χ4v) is 4.38. The number of carbonyl (C=O) groups is 1. The van der Waals surface area contributed by atoms with Crippen molar-refractivity contribution >= 4 is 40.9 Å². The summed E-state index contributed by atoms with van der Waals surface area (Å²) in [7, 11) is 1.57. The number of ether oxygens (including phenoxy) is 1. The summed E-state index contributed by atoms with van der Waals surface area (Å²) in [6.07, 6.45) is 0. The molecule has 6 heteroatoms. The second kappa shape index (κ2) is 7.04. The van der Waals surface area contributed by atoms with Gasteiger partial charge in [-0.15, -0.1) is 11.8 Å². The van der Waals surface area contributed by atoms with Crippen LogP contribution in [-0.4, -0.2) is 30.2 Å². The van der Waals surface area contributed by atoms with Crippen molar-refractivity contribution in [1.82, 2.24) is 4.90 Å². The van der Waals surface area contributed by atoms with Crippen LogP contribution >= 0.6 is 35.0 Å². The van der Waals surface area contributed by atoms with E-state index in [1.165, 1.54) is 0 Å². The van der Waals surface area contributed by atoms with Gasteiger partial charge in [0, 0.05) is 17.9 Å². The van der Waals surface area contributed by atoms with Crippen molar-refractivity contribution in [2.75, 3.05) is 19.4 Å². The van der Waals surface area contributed by atoms with Crippen molar-refractivity contribution in [2.24, 2.45) is 0 Å². The van der Waals surface area contributed by atoms with Crippen LogP contribution in [0.15, 0.2) is 42.5 Å². The van der Waals surface area contributed by atoms with Crippen LogP contribution in [-0.2, 0) is 0 Å². The van der Waals surface area contributed by atoms with E-state index >= 15 is 0 Å². The topological polar surface area (TPSA) is 29.5 Å². The van der Waals surface area contributed by atoms with Crippen molar-refractivity contribution in [3.63, 3.8) is 0 Å². The molecule has 2 aromatic rings. The Bertz CT molecular complexity index is 738. The minimum atomic E-state index is -0.140. The molecule has 120 valence electrons. The number of para-hydroxylation sites is 1. The van der Waals surface area contributed by atoms with Gasteiger partial charge >= 0.3 is 0 Å². The van der Waals surface area contributed by atoms with Crippen molar-refractivity contribution in [2.45, 2.75) is 5.37 Å². The monoisotopic (exact) mass is 367 g/mol. The molecule has 0 unspecified atom stereocenters. The molecule has 3 nitrogen and oxygen atoms in total. The number of methoxy groups -OCH3 is 1. The number of nitrogens with zero attached hydrogens (tertiary/aromatic N) is 1. The molecule has 1 amide bonds. The number of halogens is 2. The van der Waals surface area contributed by atoms with Gasteiger partial charge in [0.05, 0.1) is 22.7 Å². The van der Waals surface area contributed by atoms with E-state index in [0.29, 0.717) is 27.9 Å². The normalized spacial score (nSPS) is 17.3. The van der Waals surface area contributed by atoms with Gasteiger partial charge in [-0.25, -0.2) is 0 Å². The van der Waals surface area contributed by atoms with Crippen LogP contribution in [0.4, 0.5) is 0 Å². The number of hydrogen-bond acceptors (Lipinski definition) is 3. The number of amides is 1. The first kappa shape index (κ1) is 16.5. The Morgan fingerprint density at radius 3 is 2.78 bits per heavy atom. The minimum Gasteiger partial charge on any atom is -0.496 e. The maximum atomic E-state index is 13.0. The average Bonchev–Trinajstić information content (AvgIpc) is 3.06. The summed E-state index contributed by atoms with van der Waals surface area (Å²) in [6.45, 7) is 0.662. The highest BCUT2D eigenvalue weighted by molar-refractivity contribution is 7.99. The second-order valence-corrected chi connectivity index (χ2v) is 7.04. The van der Waals surface area contributed by atoms with Crippen LogP contribution in [0.2, 0.25) is 10.0 Å². The fourth-order valence-electron chi connectivity index (χ4n) is 2.62. The van der Waals surface area contributed by atoms with Gasteiger partial charge in [-0.05, 0) is 18.2 Å². The van der Waals surface area contributed by atoms with Crippen LogP contribution in [0, 0.1) is 0 Å². The number of thioether (sulfide) groups is 1. The molecule has 0 N–H and O–H groups in total. The second-order valence-electron chi connectivity index (χ2n) is 5.07. The molecule has 1 saturated heterocycles. The van der Waals surface area contributed by atoms with Gasteiger partial charge in [-0.3, -0.25) is 4.79 Å². The molecular weight excluding hydrogens is 353 g/mol. The molecule has 0 aromatic heterocycles. The molecule has 3 rings (SSSR count). The fraction of sp³-hybridized carbons (Fsp3) is 0.235. The molecule has 0 radical (unpaired) electrons. The number of benzene rings is 2. The Morgan fingerprint density at radius 1 is 1.22 bits per heavy atom. The summed E-state index contributed by atoms with van der Waals surface area (Å²) in [6, 6.07) is 12.8. The third-order valence-corrected chi connectivity index (χ3v) is 5.81. The van der Waals surface area contributed by atoms with Crippen LogP contribution in [0.25, 0.3) is 0 Å². The summed E-state index contributed by atoms with van der Waals surface area (Å²) in [5, 5.41) is 0.867. The third-order valence-electron chi connectivity index (χ3n) is 3.74. The third kappa shape index (κ3) is 3.16. The number of rotatable bonds is 3. The van der Waals surface area contributed by atoms with E-state index in [9.17, 15) is 4.79 Å². The van der Waals surface area contributed by atoms with Crippen molar-refractivity contribution in [1.29, 1.82) is 0 Å². The quantitative estimate of drug-likeness (QED) is 0.773. The lowest BCUT2D eigenvalue weighted by atomic mass is 10.1. The van der Waals surface area contributed by atoms with E-state index < -0.39 is 0 Å². The number of hydrogen-bond donors (Lipinski definition) is 0. The van der Waals surface area contributed by atoms with Gasteiger partial charge in [0.25, 0.3) is 5.91 Å². The van der Waals surface area contributed by atoms with Crippen LogP contribution in [0.3, 0.4) is 0 Å². The van der Waals surface area contributed by atoms with Gasteiger partial charge < -0.3 is 9.64 Å². The van der Waals surface area contributed by atoms with E-state index in [1.807, 2.05) is 29.2 Å². The predicted octanol–water partition coefficient (Wildman–Crippen LogP) is 4.89. The SMILES string of the molecule is COc1ccccc1C(=O)N1CCS[C@H]1c1cccc(Cl)c1Cl. The summed E-state index contributed by atoms with van der Waals surface area (Å²) in [5.41, 5.74) is 1.42. The van der Waals surface area contributed by atoms with Crippen LogP contribution in [0.1, 0.15) is 21.3 Å². The Morgan fingerprint density at radius 2 is 2.00 bits per heavy atom. The molecular formula is C17H15Cl2NO2S. The first-order chi connectivity index (χ1) is 11.1. The Balaban J connectivity index is 1.95. The molecule has 1 heterocycles. The molecule has 23 heavy (non-hydrogen) atoms. The first-order valence-electron chi connectivity index (χ1n) is 7.13. The Kier molecular flexibility index (Phi) is 5.05. The average molecular weight is 368 g/mol. The highest BCUT2D eigenvalue weighted by atomic mass is 35.5. The lowest BCUT2D eigenvalue weighted by molar-refractivity contribution is 0.0757. The Labute approximate surface area is 149 Å². The molecule has 0 aliphatic carbocycles. The number of carbonyl (C=O) groups excluding carboxylic acids is 1. The Hall–Kier alpha value is -1.36. The maximum absolute atomic E-state index is 13.0. The van der Waals surface area contributed by atoms with E-state index in [1.54, 1.807) is 37.1 Å². The highest BCUT2D eigenvalue weighted by Crippen LogP contribution is 2.43. The summed E-state index contributed by atoms with van der Waals surface area (Å²) in [4.78, 5) is 14.8. The molecule has 2 aromatic carbocycles. The van der Waals surface area contributed by atoms with Crippen LogP contribution < -0.4 is 4.74 Å². The largest absolute Gasteiger partial charge is 0.496 e. The molecule has 1 atom stereocenters. The first-order valence-corrected chi connectivity index (χ1v) is 8.93. The molecule has 0 saturated carbocycles. The lowest BCUT2D eigenvalue weighted by Gasteiger charge is -2.25. The molecule has 0 spiro atoms. The predicted molar refractivity (Wildman–Crippen MR) is 95.7 cm³/mol. The van der Waals surface area contributed by atoms with E-state index in [0.717, 1.165) is 11.3 Å². The zero-order chi connectivity index (χ0) is 16.4. The molecule has 1 aliphatic rings. The summed E-state index contributed by atoms with van der Waals surface area (Å²) in [5.74, 6) is 1.37. The summed E-state index contributed by atoms with van der Waals surface area (Å²) >= 11 is 14.1. The van der Waals surface area contributed by atoms with Gasteiger partial charge in [0.1, 0.15) is 11.1 Å². The lowest BCUT2D eigenvalue weighted by Crippen LogP contribution is -2.30. The van der Waals surface area contributed by atoms with E-state index in [-0.39, 0.29) is 11.3 Å². The van der Waals surface area contributed by atoms with Crippen molar-refractivity contribution in [3.8, 4) is 5.75 Å². The zero-order valence-electron chi connectivity index (χ0n) is 12.5. The highest BCUT2D eigenvalue weighted by Gasteiger charge is 2.33. The van der Waals surface area contributed by atoms with Gasteiger partial charge in [0.15, 0.2) is 0 Å². The van der Waals surface area contributed by atoms with Gasteiger partial charge in [0.2, 0.25) is 0 Å². The van der Waals surface area contributed by atoms with Crippen LogP contribution in [0.5, 0.6) is 5.75 Å². The van der Waals surface area contributed by atoms with E-state index in [2.05, 4.69) is 0 Å². The molecule has 1 fully saturated rings. The van der Waals surface area contributed by atoms with E-state index in [4.69, 9.17) is 27.9 Å². The summed E-state index contributed by atoms with van der Waals surface area (Å²) < 4.78 is 5.31. The molecule has 1 aliphatic heterocycles.